The largest absolute Gasteiger partial charge is 0.493 e. The van der Waals surface area contributed by atoms with Crippen molar-refractivity contribution < 1.29 is 23.8 Å². The second-order valence-corrected chi connectivity index (χ2v) is 6.31. The number of fused-ring (bicyclic) bond motifs is 1. The molecule has 1 fully saturated rings. The molecule has 0 saturated carbocycles. The Hall–Kier alpha value is -2.15. The van der Waals surface area contributed by atoms with Crippen LogP contribution in [0.25, 0.3) is 6.08 Å². The first kappa shape index (κ1) is 15.7. The Bertz CT molecular complexity index is 698. The van der Waals surface area contributed by atoms with Crippen LogP contribution in [-0.2, 0) is 4.79 Å². The average molecular weight is 335 g/mol. The van der Waals surface area contributed by atoms with Crippen molar-refractivity contribution in [2.75, 3.05) is 13.4 Å². The van der Waals surface area contributed by atoms with Crippen molar-refractivity contribution in [1.82, 2.24) is 4.90 Å². The minimum absolute atomic E-state index is 0.161. The van der Waals surface area contributed by atoms with Gasteiger partial charge in [-0.2, -0.15) is 0 Å². The second kappa shape index (κ2) is 6.16. The summed E-state index contributed by atoms with van der Waals surface area (Å²) in [6.07, 6.45) is 1.67. The van der Waals surface area contributed by atoms with E-state index >= 15 is 0 Å². The fourth-order valence-electron chi connectivity index (χ4n) is 2.40. The molecule has 0 atom stereocenters. The lowest BCUT2D eigenvalue weighted by atomic mass is 10.1. The number of hydrogen-bond acceptors (Lipinski definition) is 6. The molecule has 0 radical (unpaired) electrons. The van der Waals surface area contributed by atoms with Crippen LogP contribution in [0, 0.1) is 0 Å². The fraction of sp³-hybridized carbons (Fsp3) is 0.375. The van der Waals surface area contributed by atoms with E-state index in [9.17, 15) is 9.59 Å². The predicted octanol–water partition coefficient (Wildman–Crippen LogP) is 3.26. The molecule has 1 aromatic carbocycles. The summed E-state index contributed by atoms with van der Waals surface area (Å²) < 4.78 is 16.3. The molecule has 0 unspecified atom stereocenters. The molecule has 0 bridgehead atoms. The molecule has 1 aromatic rings. The van der Waals surface area contributed by atoms with Crippen LogP contribution in [0.2, 0.25) is 0 Å². The van der Waals surface area contributed by atoms with Crippen LogP contribution in [0.3, 0.4) is 0 Å². The maximum absolute atomic E-state index is 12.4. The Balaban J connectivity index is 1.99. The van der Waals surface area contributed by atoms with Crippen molar-refractivity contribution in [3.05, 3.63) is 22.6 Å². The number of thioether (sulfide) groups is 1. The zero-order valence-electron chi connectivity index (χ0n) is 13.1. The summed E-state index contributed by atoms with van der Waals surface area (Å²) >= 11 is 0.936. The van der Waals surface area contributed by atoms with Gasteiger partial charge in [-0.25, -0.2) is 0 Å². The lowest BCUT2D eigenvalue weighted by molar-refractivity contribution is -0.123. The van der Waals surface area contributed by atoms with Crippen LogP contribution in [0.5, 0.6) is 17.2 Å². The molecule has 6 nitrogen and oxygen atoms in total. The highest BCUT2D eigenvalue weighted by atomic mass is 32.2. The molecule has 2 amide bonds. The molecule has 7 heteroatoms. The lowest BCUT2D eigenvalue weighted by Crippen LogP contribution is -2.34. The van der Waals surface area contributed by atoms with E-state index in [1.807, 2.05) is 20.8 Å². The van der Waals surface area contributed by atoms with Gasteiger partial charge in [0.2, 0.25) is 6.79 Å². The molecule has 2 aliphatic heterocycles. The summed E-state index contributed by atoms with van der Waals surface area (Å²) in [6.45, 7) is 6.14. The Kier molecular flexibility index (Phi) is 4.21. The van der Waals surface area contributed by atoms with Crippen molar-refractivity contribution in [3.8, 4) is 17.2 Å². The lowest BCUT2D eigenvalue weighted by Gasteiger charge is -2.16. The number of hydrogen-bond donors (Lipinski definition) is 0. The number of carbonyl (C=O) groups is 2. The molecule has 0 spiro atoms. The van der Waals surface area contributed by atoms with E-state index < -0.39 is 0 Å². The first-order valence-electron chi connectivity index (χ1n) is 7.34. The molecule has 3 rings (SSSR count). The third-order valence-corrected chi connectivity index (χ3v) is 4.32. The third kappa shape index (κ3) is 2.88. The van der Waals surface area contributed by atoms with Crippen LogP contribution in [0.15, 0.2) is 17.0 Å². The molecule has 0 N–H and O–H groups in total. The monoisotopic (exact) mass is 335 g/mol. The number of carbonyl (C=O) groups excluding carboxylic acids is 2. The number of nitrogens with zero attached hydrogens (tertiary/aromatic N) is 1. The molecule has 0 aliphatic carbocycles. The summed E-state index contributed by atoms with van der Waals surface area (Å²) in [5, 5.41) is -0.255. The molecule has 0 aromatic heterocycles. The van der Waals surface area contributed by atoms with E-state index in [1.54, 1.807) is 18.2 Å². The maximum Gasteiger partial charge on any atom is 0.293 e. The predicted molar refractivity (Wildman–Crippen MR) is 86.7 cm³/mol. The SMILES string of the molecule is CCOc1cc2c(cc1C=C1SC(=O)N(C(C)C)C1=O)OCO2. The quantitative estimate of drug-likeness (QED) is 0.787. The first-order chi connectivity index (χ1) is 11.0. The summed E-state index contributed by atoms with van der Waals surface area (Å²) in [5.41, 5.74) is 0.686. The standard InChI is InChI=1S/C16H17NO5S/c1-4-20-11-7-13-12(21-8-22-13)5-10(11)6-14-15(18)17(9(2)3)16(19)23-14/h5-7,9H,4,8H2,1-3H3. The molecule has 2 aliphatic rings. The van der Waals surface area contributed by atoms with Crippen LogP contribution in [-0.4, -0.2) is 35.5 Å². The van der Waals surface area contributed by atoms with Crippen molar-refractivity contribution in [3.63, 3.8) is 0 Å². The Morgan fingerprint density at radius 1 is 1.30 bits per heavy atom. The first-order valence-corrected chi connectivity index (χ1v) is 8.16. The number of benzene rings is 1. The van der Waals surface area contributed by atoms with Crippen molar-refractivity contribution in [2.45, 2.75) is 26.8 Å². The van der Waals surface area contributed by atoms with Gasteiger partial charge in [0.1, 0.15) is 5.75 Å². The van der Waals surface area contributed by atoms with Gasteiger partial charge < -0.3 is 14.2 Å². The minimum Gasteiger partial charge on any atom is -0.493 e. The highest BCUT2D eigenvalue weighted by molar-refractivity contribution is 8.18. The van der Waals surface area contributed by atoms with Gasteiger partial charge in [0, 0.05) is 17.7 Å². The normalized spacial score (nSPS) is 18.4. The number of amides is 2. The van der Waals surface area contributed by atoms with Gasteiger partial charge in [-0.1, -0.05) is 0 Å². The molecular weight excluding hydrogens is 318 g/mol. The van der Waals surface area contributed by atoms with E-state index in [0.717, 1.165) is 11.8 Å². The van der Waals surface area contributed by atoms with E-state index in [1.165, 1.54) is 4.90 Å². The third-order valence-electron chi connectivity index (χ3n) is 3.43. The van der Waals surface area contributed by atoms with E-state index in [2.05, 4.69) is 0 Å². The van der Waals surface area contributed by atoms with Gasteiger partial charge in [-0.3, -0.25) is 14.5 Å². The number of rotatable bonds is 4. The summed E-state index contributed by atoms with van der Waals surface area (Å²) in [5.74, 6) is 1.52. The van der Waals surface area contributed by atoms with Gasteiger partial charge in [0.15, 0.2) is 11.5 Å². The Morgan fingerprint density at radius 2 is 2.00 bits per heavy atom. The van der Waals surface area contributed by atoms with Gasteiger partial charge >= 0.3 is 0 Å². The number of imide groups is 1. The van der Waals surface area contributed by atoms with Crippen molar-refractivity contribution >= 4 is 29.0 Å². The molecule has 23 heavy (non-hydrogen) atoms. The van der Waals surface area contributed by atoms with Crippen LogP contribution in [0.1, 0.15) is 26.3 Å². The smallest absolute Gasteiger partial charge is 0.293 e. The molecular formula is C16H17NO5S. The van der Waals surface area contributed by atoms with Crippen molar-refractivity contribution in [2.24, 2.45) is 0 Å². The minimum atomic E-state index is -0.282. The van der Waals surface area contributed by atoms with E-state index in [4.69, 9.17) is 14.2 Å². The zero-order chi connectivity index (χ0) is 16.6. The van der Waals surface area contributed by atoms with E-state index in [0.29, 0.717) is 34.3 Å². The molecule has 2 heterocycles. The van der Waals surface area contributed by atoms with Crippen LogP contribution in [0.4, 0.5) is 4.79 Å². The average Bonchev–Trinajstić information content (AvgIpc) is 3.04. The van der Waals surface area contributed by atoms with Gasteiger partial charge in [0.25, 0.3) is 11.1 Å². The fourth-order valence-corrected chi connectivity index (χ4v) is 3.35. The maximum atomic E-state index is 12.4. The Morgan fingerprint density at radius 3 is 2.61 bits per heavy atom. The highest BCUT2D eigenvalue weighted by Crippen LogP contribution is 2.41. The van der Waals surface area contributed by atoms with Gasteiger partial charge in [-0.05, 0) is 44.7 Å². The van der Waals surface area contributed by atoms with Crippen LogP contribution >= 0.6 is 11.8 Å². The second-order valence-electron chi connectivity index (χ2n) is 5.32. The van der Waals surface area contributed by atoms with E-state index in [-0.39, 0.29) is 24.0 Å². The number of ether oxygens (including phenoxy) is 3. The summed E-state index contributed by atoms with van der Waals surface area (Å²) in [7, 11) is 0. The van der Waals surface area contributed by atoms with Gasteiger partial charge in [-0.15, -0.1) is 0 Å². The molecule has 122 valence electrons. The summed E-state index contributed by atoms with van der Waals surface area (Å²) in [6, 6.07) is 3.33. The van der Waals surface area contributed by atoms with Gasteiger partial charge in [0.05, 0.1) is 11.5 Å². The summed E-state index contributed by atoms with van der Waals surface area (Å²) in [4.78, 5) is 26.0. The molecule has 1 saturated heterocycles. The zero-order valence-corrected chi connectivity index (χ0v) is 13.9. The van der Waals surface area contributed by atoms with Crippen LogP contribution < -0.4 is 14.2 Å². The highest BCUT2D eigenvalue weighted by Gasteiger charge is 2.37. The Labute approximate surface area is 138 Å². The van der Waals surface area contributed by atoms with Crippen molar-refractivity contribution in [1.29, 1.82) is 0 Å². The topological polar surface area (TPSA) is 65.1 Å².